The average Bonchev–Trinajstić information content (AvgIpc) is 2.71. The van der Waals surface area contributed by atoms with E-state index < -0.39 is 0 Å². The third kappa shape index (κ3) is 1.61. The molecule has 0 aromatic heterocycles. The molecule has 0 saturated heterocycles. The van der Waals surface area contributed by atoms with Crippen LogP contribution in [0.5, 0.6) is 0 Å². The molecule has 13 heavy (non-hydrogen) atoms. The summed E-state index contributed by atoms with van der Waals surface area (Å²) < 4.78 is 5.39. The fraction of sp³-hybridized carbons (Fsp3) is 0.182. The van der Waals surface area contributed by atoms with E-state index >= 15 is 0 Å². The Morgan fingerprint density at radius 3 is 2.54 bits per heavy atom. The van der Waals surface area contributed by atoms with Gasteiger partial charge in [-0.1, -0.05) is 24.3 Å². The Balaban J connectivity index is 2.26. The zero-order valence-electron chi connectivity index (χ0n) is 7.19. The molecule has 66 valence electrons. The third-order valence-electron chi connectivity index (χ3n) is 2.04. The average molecular weight is 174 g/mol. The number of carbonyl (C=O) groups is 1. The number of benzene rings is 1. The summed E-state index contributed by atoms with van der Waals surface area (Å²) in [4.78, 5) is 10.4. The van der Waals surface area contributed by atoms with E-state index in [0.717, 1.165) is 30.6 Å². The molecule has 1 heterocycles. The zero-order valence-corrected chi connectivity index (χ0v) is 7.19. The number of ether oxygens (including phenoxy) is 1. The lowest BCUT2D eigenvalue weighted by Crippen LogP contribution is -1.86. The molecule has 0 atom stereocenters. The summed E-state index contributed by atoms with van der Waals surface area (Å²) >= 11 is 0. The van der Waals surface area contributed by atoms with Crippen LogP contribution in [-0.2, 0) is 4.74 Å². The molecule has 0 N–H and O–H groups in total. The van der Waals surface area contributed by atoms with E-state index in [-0.39, 0.29) is 0 Å². The van der Waals surface area contributed by atoms with Gasteiger partial charge in [-0.3, -0.25) is 4.79 Å². The van der Waals surface area contributed by atoms with Crippen LogP contribution in [0.3, 0.4) is 0 Å². The molecule has 1 aromatic rings. The Morgan fingerprint density at radius 1 is 1.23 bits per heavy atom. The number of rotatable bonds is 2. The molecule has 0 aliphatic carbocycles. The van der Waals surface area contributed by atoms with E-state index in [9.17, 15) is 4.79 Å². The van der Waals surface area contributed by atoms with Crippen LogP contribution in [0.2, 0.25) is 0 Å². The van der Waals surface area contributed by atoms with Crippen molar-refractivity contribution in [2.45, 2.75) is 6.42 Å². The molecule has 1 aliphatic heterocycles. The van der Waals surface area contributed by atoms with Crippen LogP contribution in [0.15, 0.2) is 30.3 Å². The molecule has 1 aromatic carbocycles. The lowest BCUT2D eigenvalue weighted by Gasteiger charge is -2.02. The van der Waals surface area contributed by atoms with Crippen molar-refractivity contribution < 1.29 is 9.53 Å². The fourth-order valence-corrected chi connectivity index (χ4v) is 1.34. The molecule has 0 radical (unpaired) electrons. The highest BCUT2D eigenvalue weighted by molar-refractivity contribution is 5.76. The first-order valence-corrected chi connectivity index (χ1v) is 4.29. The van der Waals surface area contributed by atoms with Crippen molar-refractivity contribution in [3.8, 4) is 0 Å². The SMILES string of the molecule is O=Cc1ccc(C2=CCCO2)cc1. The minimum atomic E-state index is 0.697. The number of aldehydes is 1. The van der Waals surface area contributed by atoms with Gasteiger partial charge in [0.25, 0.3) is 0 Å². The predicted octanol–water partition coefficient (Wildman–Crippen LogP) is 2.26. The maximum atomic E-state index is 10.4. The molecule has 0 bridgehead atoms. The van der Waals surface area contributed by atoms with E-state index in [4.69, 9.17) is 4.74 Å². The minimum absolute atomic E-state index is 0.697. The van der Waals surface area contributed by atoms with Gasteiger partial charge in [-0.2, -0.15) is 0 Å². The van der Waals surface area contributed by atoms with Crippen LogP contribution in [0, 0.1) is 0 Å². The summed E-state index contributed by atoms with van der Waals surface area (Å²) in [5.41, 5.74) is 1.74. The highest BCUT2D eigenvalue weighted by Gasteiger charge is 2.07. The number of carbonyl (C=O) groups excluding carboxylic acids is 1. The van der Waals surface area contributed by atoms with Gasteiger partial charge < -0.3 is 4.74 Å². The van der Waals surface area contributed by atoms with Gasteiger partial charge in [0.2, 0.25) is 0 Å². The van der Waals surface area contributed by atoms with Crippen molar-refractivity contribution in [1.82, 2.24) is 0 Å². The molecule has 2 nitrogen and oxygen atoms in total. The van der Waals surface area contributed by atoms with E-state index in [2.05, 4.69) is 6.08 Å². The van der Waals surface area contributed by atoms with Crippen molar-refractivity contribution in [3.05, 3.63) is 41.5 Å². The summed E-state index contributed by atoms with van der Waals surface area (Å²) in [5.74, 6) is 0.928. The van der Waals surface area contributed by atoms with E-state index in [0.29, 0.717) is 5.56 Å². The fourth-order valence-electron chi connectivity index (χ4n) is 1.34. The third-order valence-corrected chi connectivity index (χ3v) is 2.04. The van der Waals surface area contributed by atoms with Gasteiger partial charge in [-0.15, -0.1) is 0 Å². The van der Waals surface area contributed by atoms with Crippen LogP contribution in [0.4, 0.5) is 0 Å². The first-order valence-electron chi connectivity index (χ1n) is 4.29. The molecule has 0 spiro atoms. The largest absolute Gasteiger partial charge is 0.493 e. The smallest absolute Gasteiger partial charge is 0.150 e. The van der Waals surface area contributed by atoms with Crippen LogP contribution in [0.1, 0.15) is 22.3 Å². The Labute approximate surface area is 76.8 Å². The Hall–Kier alpha value is -1.57. The molecule has 2 rings (SSSR count). The van der Waals surface area contributed by atoms with Crippen molar-refractivity contribution in [2.75, 3.05) is 6.61 Å². The normalized spacial score (nSPS) is 14.9. The van der Waals surface area contributed by atoms with Crippen molar-refractivity contribution >= 4 is 12.0 Å². The van der Waals surface area contributed by atoms with E-state index in [1.54, 1.807) is 12.1 Å². The van der Waals surface area contributed by atoms with Gasteiger partial charge in [0.05, 0.1) is 6.61 Å². The number of hydrogen-bond donors (Lipinski definition) is 0. The van der Waals surface area contributed by atoms with Crippen molar-refractivity contribution in [3.63, 3.8) is 0 Å². The molecular weight excluding hydrogens is 164 g/mol. The number of hydrogen-bond acceptors (Lipinski definition) is 2. The second-order valence-corrected chi connectivity index (χ2v) is 2.95. The summed E-state index contributed by atoms with van der Waals surface area (Å²) in [5, 5.41) is 0. The summed E-state index contributed by atoms with van der Waals surface area (Å²) in [6, 6.07) is 7.40. The van der Waals surface area contributed by atoms with Gasteiger partial charge in [0.15, 0.2) is 0 Å². The molecule has 1 aliphatic rings. The molecule has 0 unspecified atom stereocenters. The first-order chi connectivity index (χ1) is 6.40. The summed E-state index contributed by atoms with van der Waals surface area (Å²) in [6.45, 7) is 0.769. The Bertz CT molecular complexity index is 336. The second-order valence-electron chi connectivity index (χ2n) is 2.95. The van der Waals surface area contributed by atoms with Crippen molar-refractivity contribution in [2.24, 2.45) is 0 Å². The Kier molecular flexibility index (Phi) is 2.13. The van der Waals surface area contributed by atoms with E-state index in [1.807, 2.05) is 12.1 Å². The maximum Gasteiger partial charge on any atom is 0.150 e. The van der Waals surface area contributed by atoms with Crippen LogP contribution in [-0.4, -0.2) is 12.9 Å². The summed E-state index contributed by atoms with van der Waals surface area (Å²) in [7, 11) is 0. The second kappa shape index (κ2) is 3.44. The van der Waals surface area contributed by atoms with Crippen LogP contribution >= 0.6 is 0 Å². The van der Waals surface area contributed by atoms with Gasteiger partial charge >= 0.3 is 0 Å². The van der Waals surface area contributed by atoms with E-state index in [1.165, 1.54) is 0 Å². The topological polar surface area (TPSA) is 26.3 Å². The highest BCUT2D eigenvalue weighted by atomic mass is 16.5. The van der Waals surface area contributed by atoms with Gasteiger partial charge in [0, 0.05) is 17.5 Å². The van der Waals surface area contributed by atoms with Crippen molar-refractivity contribution in [1.29, 1.82) is 0 Å². The lowest BCUT2D eigenvalue weighted by molar-refractivity contribution is 0.112. The molecule has 0 saturated carbocycles. The summed E-state index contributed by atoms with van der Waals surface area (Å²) in [6.07, 6.45) is 3.88. The first kappa shape index (κ1) is 8.05. The quantitative estimate of drug-likeness (QED) is 0.643. The molecular formula is C11H10O2. The lowest BCUT2D eigenvalue weighted by atomic mass is 10.1. The van der Waals surface area contributed by atoms with Gasteiger partial charge in [-0.25, -0.2) is 0 Å². The van der Waals surface area contributed by atoms with Crippen LogP contribution < -0.4 is 0 Å². The monoisotopic (exact) mass is 174 g/mol. The molecule has 2 heteroatoms. The standard InChI is InChI=1S/C11H10O2/c12-8-9-3-5-10(6-4-9)11-2-1-7-13-11/h2-6,8H,1,7H2. The minimum Gasteiger partial charge on any atom is -0.493 e. The predicted molar refractivity (Wildman–Crippen MR) is 50.4 cm³/mol. The van der Waals surface area contributed by atoms with Gasteiger partial charge in [0.1, 0.15) is 12.0 Å². The highest BCUT2D eigenvalue weighted by Crippen LogP contribution is 2.21. The molecule has 0 fully saturated rings. The Morgan fingerprint density at radius 2 is 2.00 bits per heavy atom. The molecule has 0 amide bonds. The van der Waals surface area contributed by atoms with Crippen LogP contribution in [0.25, 0.3) is 5.76 Å². The zero-order chi connectivity index (χ0) is 9.10. The van der Waals surface area contributed by atoms with Gasteiger partial charge in [-0.05, 0) is 6.08 Å². The maximum absolute atomic E-state index is 10.4.